The Morgan fingerprint density at radius 1 is 0.787 bits per heavy atom. The molecule has 0 bridgehead atoms. The van der Waals surface area contributed by atoms with E-state index >= 15 is 0 Å². The smallest absolute Gasteiger partial charge is 0.333 e. The van der Waals surface area contributed by atoms with Crippen LogP contribution in [0.5, 0.6) is 0 Å². The van der Waals surface area contributed by atoms with Gasteiger partial charge in [0, 0.05) is 71.4 Å². The maximum atomic E-state index is 12.4. The fraction of sp³-hybridized carbons (Fsp3) is 0.286. The molecule has 5 N–H and O–H groups in total. The molecule has 4 heterocycles. The molecule has 12 heteroatoms. The lowest BCUT2D eigenvalue weighted by Crippen LogP contribution is -2.27. The van der Waals surface area contributed by atoms with Crippen LogP contribution in [0.4, 0.5) is 0 Å². The highest BCUT2D eigenvalue weighted by atomic mass is 16.5. The van der Waals surface area contributed by atoms with E-state index in [0.717, 1.165) is 5.56 Å². The van der Waals surface area contributed by atoms with Crippen LogP contribution in [0.3, 0.4) is 0 Å². The Balaban J connectivity index is 2.00. The van der Waals surface area contributed by atoms with Crippen LogP contribution in [-0.4, -0.2) is 76.1 Å². The van der Waals surface area contributed by atoms with Gasteiger partial charge in [-0.25, -0.2) is 14.6 Å². The molecule has 0 aromatic carbocycles. The van der Waals surface area contributed by atoms with Gasteiger partial charge in [0.2, 0.25) is 0 Å². The third kappa shape index (κ3) is 6.79. The predicted octanol–water partition coefficient (Wildman–Crippen LogP) is 2.31. The number of ether oxygens (including phenoxy) is 2. The quantitative estimate of drug-likeness (QED) is 0.221. The van der Waals surface area contributed by atoms with Crippen molar-refractivity contribution in [3.8, 4) is 0 Å². The van der Waals surface area contributed by atoms with Gasteiger partial charge in [0.05, 0.1) is 11.4 Å². The molecule has 2 unspecified atom stereocenters. The number of nitrogens with one attached hydrogen (secondary N) is 3. The number of hydrogen-bond acceptors (Lipinski definition) is 6. The minimum atomic E-state index is -1.16. The largest absolute Gasteiger partial charge is 0.479 e. The Kier molecular flexibility index (Phi) is 10.3. The SMILES string of the molecule is C=CC1=C(C)C(=O)N=C1C=c1[nH]c(=Cc2[nH]c(/C=C3\NC(=O)C(C)=C3C=C)c(C)c2CC(OC)C(=O)O)c(CC(OC)C(=O)O)c1C. The van der Waals surface area contributed by atoms with Gasteiger partial charge in [-0.1, -0.05) is 25.3 Å². The van der Waals surface area contributed by atoms with Crippen molar-refractivity contribution in [3.05, 3.63) is 97.6 Å². The lowest BCUT2D eigenvalue weighted by atomic mass is 10.0. The van der Waals surface area contributed by atoms with Crippen LogP contribution >= 0.6 is 0 Å². The average molecular weight is 643 g/mol. The van der Waals surface area contributed by atoms with Gasteiger partial charge in [-0.05, 0) is 68.2 Å². The molecule has 0 radical (unpaired) electrons. The second-order valence-electron chi connectivity index (χ2n) is 11.2. The summed E-state index contributed by atoms with van der Waals surface area (Å²) in [6.45, 7) is 14.7. The fourth-order valence-electron chi connectivity index (χ4n) is 5.67. The van der Waals surface area contributed by atoms with Crippen LogP contribution in [0, 0.1) is 13.8 Å². The van der Waals surface area contributed by atoms with Crippen LogP contribution in [-0.2, 0) is 41.5 Å². The van der Waals surface area contributed by atoms with E-state index in [4.69, 9.17) is 9.47 Å². The first-order chi connectivity index (χ1) is 22.3. The summed E-state index contributed by atoms with van der Waals surface area (Å²) in [6, 6.07) is 0. The van der Waals surface area contributed by atoms with Gasteiger partial charge < -0.3 is 35.0 Å². The molecule has 2 aromatic heterocycles. The third-order valence-electron chi connectivity index (χ3n) is 8.57. The molecule has 2 amide bonds. The van der Waals surface area contributed by atoms with E-state index in [2.05, 4.69) is 33.4 Å². The summed E-state index contributed by atoms with van der Waals surface area (Å²) in [7, 11) is 2.64. The number of carbonyl (C=O) groups is 4. The average Bonchev–Trinajstić information content (AvgIpc) is 3.67. The molecule has 2 aliphatic heterocycles. The number of aromatic nitrogens is 2. The zero-order valence-electron chi connectivity index (χ0n) is 27.2. The van der Waals surface area contributed by atoms with E-state index < -0.39 is 24.1 Å². The third-order valence-corrected chi connectivity index (χ3v) is 8.57. The summed E-state index contributed by atoms with van der Waals surface area (Å²) in [5, 5.41) is 23.6. The first-order valence-corrected chi connectivity index (χ1v) is 14.7. The number of carboxylic acid groups (broad SMARTS) is 2. The van der Waals surface area contributed by atoms with E-state index in [-0.39, 0.29) is 24.7 Å². The number of allylic oxidation sites excluding steroid dienone is 3. The number of aliphatic carboxylic acids is 2. The van der Waals surface area contributed by atoms with Crippen LogP contribution < -0.4 is 16.0 Å². The number of nitrogens with zero attached hydrogens (tertiary/aromatic N) is 1. The molecular weight excluding hydrogens is 604 g/mol. The Morgan fingerprint density at radius 3 is 1.94 bits per heavy atom. The van der Waals surface area contributed by atoms with Crippen molar-refractivity contribution in [1.29, 1.82) is 0 Å². The maximum absolute atomic E-state index is 12.4. The second kappa shape index (κ2) is 14.0. The number of hydrogen-bond donors (Lipinski definition) is 5. The molecule has 4 rings (SSSR count). The fourth-order valence-corrected chi connectivity index (χ4v) is 5.67. The molecule has 2 atom stereocenters. The van der Waals surface area contributed by atoms with Crippen LogP contribution in [0.25, 0.3) is 18.2 Å². The van der Waals surface area contributed by atoms with E-state index in [9.17, 15) is 29.4 Å². The van der Waals surface area contributed by atoms with Gasteiger partial charge in [0.1, 0.15) is 0 Å². The van der Waals surface area contributed by atoms with Crippen molar-refractivity contribution < 1.29 is 38.9 Å². The molecular formula is C35H38N4O8. The molecule has 0 fully saturated rings. The number of methoxy groups -OCH3 is 2. The van der Waals surface area contributed by atoms with Crippen molar-refractivity contribution >= 4 is 47.7 Å². The summed E-state index contributed by atoms with van der Waals surface area (Å²) in [5.41, 5.74) is 7.04. The molecule has 0 saturated carbocycles. The second-order valence-corrected chi connectivity index (χ2v) is 11.2. The van der Waals surface area contributed by atoms with E-state index in [1.807, 2.05) is 13.8 Å². The number of carbonyl (C=O) groups excluding carboxylic acids is 2. The van der Waals surface area contributed by atoms with Crippen molar-refractivity contribution in [2.24, 2.45) is 4.99 Å². The van der Waals surface area contributed by atoms with Crippen molar-refractivity contribution in [2.45, 2.75) is 52.7 Å². The minimum Gasteiger partial charge on any atom is -0.479 e. The van der Waals surface area contributed by atoms with Gasteiger partial charge in [-0.2, -0.15) is 0 Å². The van der Waals surface area contributed by atoms with Crippen molar-refractivity contribution in [2.75, 3.05) is 14.2 Å². The highest BCUT2D eigenvalue weighted by Gasteiger charge is 2.26. The van der Waals surface area contributed by atoms with Gasteiger partial charge in [-0.15, -0.1) is 0 Å². The van der Waals surface area contributed by atoms with Gasteiger partial charge in [0.15, 0.2) is 12.2 Å². The van der Waals surface area contributed by atoms with Crippen molar-refractivity contribution in [3.63, 3.8) is 0 Å². The number of amides is 2. The highest BCUT2D eigenvalue weighted by molar-refractivity contribution is 6.32. The van der Waals surface area contributed by atoms with Crippen LogP contribution in [0.2, 0.25) is 0 Å². The summed E-state index contributed by atoms with van der Waals surface area (Å²) >= 11 is 0. The summed E-state index contributed by atoms with van der Waals surface area (Å²) in [5.74, 6) is -2.89. The van der Waals surface area contributed by atoms with Gasteiger partial charge in [-0.3, -0.25) is 9.59 Å². The van der Waals surface area contributed by atoms with E-state index in [1.54, 1.807) is 44.2 Å². The number of H-pyrrole nitrogens is 2. The van der Waals surface area contributed by atoms with E-state index in [0.29, 0.717) is 72.5 Å². The van der Waals surface area contributed by atoms with E-state index in [1.165, 1.54) is 14.2 Å². The zero-order chi connectivity index (χ0) is 34.7. The zero-order valence-corrected chi connectivity index (χ0v) is 27.2. The Morgan fingerprint density at radius 2 is 1.38 bits per heavy atom. The topological polar surface area (TPSA) is 183 Å². The number of aromatic amines is 2. The first-order valence-electron chi connectivity index (χ1n) is 14.7. The van der Waals surface area contributed by atoms with Crippen LogP contribution in [0.1, 0.15) is 47.5 Å². The molecule has 0 spiro atoms. The Bertz CT molecular complexity index is 1960. The molecule has 12 nitrogen and oxygen atoms in total. The molecule has 0 aliphatic carbocycles. The first kappa shape index (κ1) is 34.5. The molecule has 0 saturated heterocycles. The molecule has 47 heavy (non-hydrogen) atoms. The van der Waals surface area contributed by atoms with Gasteiger partial charge >= 0.3 is 11.9 Å². The van der Waals surface area contributed by atoms with Crippen molar-refractivity contribution in [1.82, 2.24) is 15.3 Å². The molecule has 2 aromatic rings. The normalized spacial score (nSPS) is 17.9. The summed E-state index contributed by atoms with van der Waals surface area (Å²) in [4.78, 5) is 59.5. The summed E-state index contributed by atoms with van der Waals surface area (Å²) < 4.78 is 10.5. The number of carboxylic acids is 2. The lowest BCUT2D eigenvalue weighted by molar-refractivity contribution is -0.149. The Labute approximate surface area is 271 Å². The minimum absolute atomic E-state index is 0.00296. The van der Waals surface area contributed by atoms with Crippen LogP contribution in [0.15, 0.2) is 58.3 Å². The predicted molar refractivity (Wildman–Crippen MR) is 177 cm³/mol. The highest BCUT2D eigenvalue weighted by Crippen LogP contribution is 2.28. The molecule has 2 aliphatic rings. The Hall–Kier alpha value is -5.33. The standard InChI is InChI=1S/C35H38N4O8/c1-9-20-18(5)32(40)38-26(20)13-24-16(3)22(11-30(46-7)34(42)43)28(36-24)15-29-23(12-31(47-8)35(44)45)17(4)25(37-29)14-27-21(10-2)19(6)33(41)39-27/h9-10,13-15,30-31,36-37H,1-2,11-12H2,3-8H3,(H,38,40)(H,42,43)(H,44,45)/b25-14?,26-13-,29-15?. The molecule has 246 valence electrons. The maximum Gasteiger partial charge on any atom is 0.333 e. The number of rotatable bonds is 13. The monoisotopic (exact) mass is 642 g/mol. The number of aliphatic imine (C=N–C) groups is 1. The van der Waals surface area contributed by atoms with Gasteiger partial charge in [0.25, 0.3) is 11.8 Å². The lowest BCUT2D eigenvalue weighted by Gasteiger charge is -2.12. The summed E-state index contributed by atoms with van der Waals surface area (Å²) in [6.07, 6.45) is 6.09.